The van der Waals surface area contributed by atoms with Crippen molar-refractivity contribution in [1.82, 2.24) is 0 Å². The van der Waals surface area contributed by atoms with Crippen molar-refractivity contribution in [2.24, 2.45) is 17.6 Å². The van der Waals surface area contributed by atoms with E-state index in [1.54, 1.807) is 0 Å². The van der Waals surface area contributed by atoms with Crippen LogP contribution in [0.15, 0.2) is 0 Å². The Labute approximate surface area is 81.8 Å². The fourth-order valence-electron chi connectivity index (χ4n) is 2.43. The molecule has 78 valence electrons. The maximum Gasteiger partial charge on any atom is 0.0725 e. The van der Waals surface area contributed by atoms with Crippen LogP contribution in [0.3, 0.4) is 0 Å². The van der Waals surface area contributed by atoms with E-state index >= 15 is 0 Å². The molecule has 1 saturated carbocycles. The van der Waals surface area contributed by atoms with Gasteiger partial charge < -0.3 is 10.5 Å². The van der Waals surface area contributed by atoms with Crippen LogP contribution in [-0.2, 0) is 4.74 Å². The maximum atomic E-state index is 5.71. The summed E-state index contributed by atoms with van der Waals surface area (Å²) in [5.41, 5.74) is 5.71. The lowest BCUT2D eigenvalue weighted by Gasteiger charge is -2.32. The second-order valence-electron chi connectivity index (χ2n) is 4.26. The quantitative estimate of drug-likeness (QED) is 0.728. The molecule has 0 radical (unpaired) electrons. The van der Waals surface area contributed by atoms with Crippen molar-refractivity contribution >= 4 is 0 Å². The SMILES string of the molecule is CCOC(CN)C1CCCC(C)C1. The van der Waals surface area contributed by atoms with Crippen molar-refractivity contribution in [2.45, 2.75) is 45.6 Å². The summed E-state index contributed by atoms with van der Waals surface area (Å²) in [4.78, 5) is 0. The van der Waals surface area contributed by atoms with E-state index < -0.39 is 0 Å². The smallest absolute Gasteiger partial charge is 0.0725 e. The van der Waals surface area contributed by atoms with Gasteiger partial charge in [-0.3, -0.25) is 0 Å². The van der Waals surface area contributed by atoms with Gasteiger partial charge in [0.05, 0.1) is 6.10 Å². The Morgan fingerprint density at radius 3 is 2.77 bits per heavy atom. The Morgan fingerprint density at radius 2 is 2.23 bits per heavy atom. The zero-order valence-corrected chi connectivity index (χ0v) is 8.96. The van der Waals surface area contributed by atoms with Gasteiger partial charge in [-0.25, -0.2) is 0 Å². The molecule has 0 saturated heterocycles. The highest BCUT2D eigenvalue weighted by atomic mass is 16.5. The normalized spacial score (nSPS) is 31.6. The minimum absolute atomic E-state index is 0.313. The molecule has 2 heteroatoms. The van der Waals surface area contributed by atoms with Crippen molar-refractivity contribution in [3.63, 3.8) is 0 Å². The average Bonchev–Trinajstić information content (AvgIpc) is 2.14. The molecule has 0 amide bonds. The number of rotatable bonds is 4. The van der Waals surface area contributed by atoms with Crippen LogP contribution in [0.2, 0.25) is 0 Å². The highest BCUT2D eigenvalue weighted by Gasteiger charge is 2.25. The standard InChI is InChI=1S/C11H23NO/c1-3-13-11(8-12)10-6-4-5-9(2)7-10/h9-11H,3-8,12H2,1-2H3. The van der Waals surface area contributed by atoms with Crippen LogP contribution in [0.1, 0.15) is 39.5 Å². The van der Waals surface area contributed by atoms with Gasteiger partial charge in [0.15, 0.2) is 0 Å². The van der Waals surface area contributed by atoms with Gasteiger partial charge in [0, 0.05) is 13.2 Å². The molecule has 0 aliphatic heterocycles. The summed E-state index contributed by atoms with van der Waals surface area (Å²) in [5, 5.41) is 0. The van der Waals surface area contributed by atoms with E-state index in [0.29, 0.717) is 18.6 Å². The molecule has 1 aliphatic carbocycles. The lowest BCUT2D eigenvalue weighted by Crippen LogP contribution is -2.34. The van der Waals surface area contributed by atoms with E-state index in [2.05, 4.69) is 13.8 Å². The molecule has 0 heterocycles. The fraction of sp³-hybridized carbons (Fsp3) is 1.00. The monoisotopic (exact) mass is 185 g/mol. The zero-order valence-electron chi connectivity index (χ0n) is 8.96. The van der Waals surface area contributed by atoms with Crippen molar-refractivity contribution in [3.05, 3.63) is 0 Å². The van der Waals surface area contributed by atoms with Crippen molar-refractivity contribution in [2.75, 3.05) is 13.2 Å². The van der Waals surface area contributed by atoms with Gasteiger partial charge in [0.1, 0.15) is 0 Å². The van der Waals surface area contributed by atoms with Gasteiger partial charge >= 0.3 is 0 Å². The summed E-state index contributed by atoms with van der Waals surface area (Å²) in [5.74, 6) is 1.59. The van der Waals surface area contributed by atoms with E-state index in [9.17, 15) is 0 Å². The predicted octanol–water partition coefficient (Wildman–Crippen LogP) is 2.18. The summed E-state index contributed by atoms with van der Waals surface area (Å²) in [6.45, 7) is 5.87. The van der Waals surface area contributed by atoms with E-state index in [1.807, 2.05) is 0 Å². The first-order chi connectivity index (χ1) is 6.27. The lowest BCUT2D eigenvalue weighted by molar-refractivity contribution is 0.00670. The first kappa shape index (κ1) is 11.0. The van der Waals surface area contributed by atoms with Gasteiger partial charge in [0.25, 0.3) is 0 Å². The van der Waals surface area contributed by atoms with Crippen LogP contribution >= 0.6 is 0 Å². The van der Waals surface area contributed by atoms with Gasteiger partial charge in [-0.2, -0.15) is 0 Å². The third-order valence-electron chi connectivity index (χ3n) is 3.12. The molecule has 0 bridgehead atoms. The van der Waals surface area contributed by atoms with Crippen molar-refractivity contribution < 1.29 is 4.74 Å². The molecule has 2 nitrogen and oxygen atoms in total. The minimum Gasteiger partial charge on any atom is -0.377 e. The van der Waals surface area contributed by atoms with Crippen molar-refractivity contribution in [1.29, 1.82) is 0 Å². The summed E-state index contributed by atoms with van der Waals surface area (Å²) < 4.78 is 5.65. The lowest BCUT2D eigenvalue weighted by atomic mass is 9.79. The van der Waals surface area contributed by atoms with Gasteiger partial charge in [0.2, 0.25) is 0 Å². The number of hydrogen-bond donors (Lipinski definition) is 1. The van der Waals surface area contributed by atoms with Crippen LogP contribution < -0.4 is 5.73 Å². The van der Waals surface area contributed by atoms with E-state index in [1.165, 1.54) is 25.7 Å². The molecule has 3 unspecified atom stereocenters. The molecule has 0 aromatic heterocycles. The average molecular weight is 185 g/mol. The molecular formula is C11H23NO. The molecule has 0 spiro atoms. The molecule has 1 aliphatic rings. The van der Waals surface area contributed by atoms with E-state index in [0.717, 1.165) is 12.5 Å². The number of ether oxygens (including phenoxy) is 1. The highest BCUT2D eigenvalue weighted by Crippen LogP contribution is 2.31. The van der Waals surface area contributed by atoms with Crippen LogP contribution in [-0.4, -0.2) is 19.3 Å². The first-order valence-electron chi connectivity index (χ1n) is 5.59. The van der Waals surface area contributed by atoms with E-state index in [-0.39, 0.29) is 0 Å². The third kappa shape index (κ3) is 3.28. The second-order valence-corrected chi connectivity index (χ2v) is 4.26. The number of nitrogens with two attached hydrogens (primary N) is 1. The molecular weight excluding hydrogens is 162 g/mol. The molecule has 0 aromatic rings. The first-order valence-corrected chi connectivity index (χ1v) is 5.59. The Morgan fingerprint density at radius 1 is 1.46 bits per heavy atom. The molecule has 13 heavy (non-hydrogen) atoms. The molecule has 1 rings (SSSR count). The highest BCUT2D eigenvalue weighted by molar-refractivity contribution is 4.77. The second kappa shape index (κ2) is 5.61. The fourth-order valence-corrected chi connectivity index (χ4v) is 2.43. The number of hydrogen-bond acceptors (Lipinski definition) is 2. The maximum absolute atomic E-state index is 5.71. The Bertz CT molecular complexity index is 138. The third-order valence-corrected chi connectivity index (χ3v) is 3.12. The molecule has 2 N–H and O–H groups in total. The molecule has 0 aromatic carbocycles. The topological polar surface area (TPSA) is 35.2 Å². The Hall–Kier alpha value is -0.0800. The van der Waals surface area contributed by atoms with Crippen LogP contribution in [0.4, 0.5) is 0 Å². The minimum atomic E-state index is 0.313. The molecule has 3 atom stereocenters. The summed E-state index contributed by atoms with van der Waals surface area (Å²) in [6.07, 6.45) is 5.68. The molecule has 1 fully saturated rings. The largest absolute Gasteiger partial charge is 0.377 e. The Balaban J connectivity index is 2.37. The van der Waals surface area contributed by atoms with Crippen LogP contribution in [0.5, 0.6) is 0 Å². The van der Waals surface area contributed by atoms with Gasteiger partial charge in [-0.1, -0.05) is 19.8 Å². The van der Waals surface area contributed by atoms with E-state index in [4.69, 9.17) is 10.5 Å². The summed E-state index contributed by atoms with van der Waals surface area (Å²) in [7, 11) is 0. The Kier molecular flexibility index (Phi) is 4.74. The van der Waals surface area contributed by atoms with Crippen LogP contribution in [0, 0.1) is 11.8 Å². The summed E-state index contributed by atoms with van der Waals surface area (Å²) >= 11 is 0. The van der Waals surface area contributed by atoms with Crippen LogP contribution in [0.25, 0.3) is 0 Å². The summed E-state index contributed by atoms with van der Waals surface area (Å²) in [6, 6.07) is 0. The van der Waals surface area contributed by atoms with Gasteiger partial charge in [-0.05, 0) is 31.6 Å². The zero-order chi connectivity index (χ0) is 9.68. The predicted molar refractivity (Wildman–Crippen MR) is 55.6 cm³/mol. The van der Waals surface area contributed by atoms with Gasteiger partial charge in [-0.15, -0.1) is 0 Å². The van der Waals surface area contributed by atoms with Crippen molar-refractivity contribution in [3.8, 4) is 0 Å².